The van der Waals surface area contributed by atoms with Gasteiger partial charge in [0.25, 0.3) is 5.56 Å². The molecule has 0 aliphatic heterocycles. The van der Waals surface area contributed by atoms with Crippen molar-refractivity contribution in [3.05, 3.63) is 61.9 Å². The molecule has 9 heteroatoms. The van der Waals surface area contributed by atoms with Crippen LogP contribution in [-0.2, 0) is 18.4 Å². The highest BCUT2D eigenvalue weighted by atomic mass is 79.9. The lowest BCUT2D eigenvalue weighted by Gasteiger charge is -2.06. The molecule has 0 amide bonds. The van der Waals surface area contributed by atoms with Gasteiger partial charge in [0.1, 0.15) is 4.70 Å². The van der Waals surface area contributed by atoms with Crippen LogP contribution in [0.5, 0.6) is 0 Å². The maximum Gasteiger partial charge on any atom is 0.338 e. The van der Waals surface area contributed by atoms with E-state index in [1.54, 1.807) is 35.7 Å². The summed E-state index contributed by atoms with van der Waals surface area (Å²) < 4.78 is 10.0. The van der Waals surface area contributed by atoms with Crippen molar-refractivity contribution in [1.82, 2.24) is 19.2 Å². The first kappa shape index (κ1) is 16.0. The molecular weight excluding hydrogens is 408 g/mol. The number of rotatable bonds is 3. The van der Waals surface area contributed by atoms with Gasteiger partial charge in [-0.3, -0.25) is 13.8 Å². The highest BCUT2D eigenvalue weighted by molar-refractivity contribution is 9.10. The van der Waals surface area contributed by atoms with E-state index in [0.717, 1.165) is 4.47 Å². The van der Waals surface area contributed by atoms with Gasteiger partial charge >= 0.3 is 5.97 Å². The van der Waals surface area contributed by atoms with Crippen molar-refractivity contribution >= 4 is 49.2 Å². The van der Waals surface area contributed by atoms with Gasteiger partial charge in [-0.15, -0.1) is 21.5 Å². The molecular formula is C16H11BrN4O3S. The van der Waals surface area contributed by atoms with Crippen LogP contribution in [-0.4, -0.2) is 25.1 Å². The minimum absolute atomic E-state index is 0.0424. The number of ether oxygens (including phenoxy) is 1. The van der Waals surface area contributed by atoms with Crippen LogP contribution in [0.1, 0.15) is 16.2 Å². The van der Waals surface area contributed by atoms with Crippen LogP contribution < -0.4 is 5.56 Å². The van der Waals surface area contributed by atoms with E-state index in [4.69, 9.17) is 4.74 Å². The molecule has 0 saturated carbocycles. The SMILES string of the molecule is Cn1c(=O)c2sccc2n2c(COC(=O)c3ccc(Br)cc3)nnc12. The van der Waals surface area contributed by atoms with E-state index in [9.17, 15) is 9.59 Å². The zero-order valence-electron chi connectivity index (χ0n) is 13.0. The second kappa shape index (κ2) is 6.08. The standard InChI is InChI=1S/C16H11BrN4O3S/c1-20-14(22)13-11(6-7-25-13)21-12(18-19-16(20)21)8-24-15(23)9-2-4-10(17)5-3-9/h2-7H,8H2,1H3. The Morgan fingerprint density at radius 3 is 2.76 bits per heavy atom. The first-order valence-electron chi connectivity index (χ1n) is 7.29. The number of nitrogens with zero attached hydrogens (tertiary/aromatic N) is 4. The van der Waals surface area contributed by atoms with Gasteiger partial charge in [0.15, 0.2) is 12.4 Å². The predicted molar refractivity (Wildman–Crippen MR) is 96.9 cm³/mol. The number of hydrogen-bond donors (Lipinski definition) is 0. The summed E-state index contributed by atoms with van der Waals surface area (Å²) in [6.45, 7) is -0.0424. The average molecular weight is 419 g/mol. The average Bonchev–Trinajstić information content (AvgIpc) is 3.25. The lowest BCUT2D eigenvalue weighted by Crippen LogP contribution is -2.19. The van der Waals surface area contributed by atoms with E-state index in [0.29, 0.717) is 27.4 Å². The fourth-order valence-electron chi connectivity index (χ4n) is 2.55. The molecule has 25 heavy (non-hydrogen) atoms. The molecule has 0 unspecified atom stereocenters. The van der Waals surface area contributed by atoms with E-state index in [1.165, 1.54) is 15.9 Å². The first-order valence-corrected chi connectivity index (χ1v) is 8.96. The van der Waals surface area contributed by atoms with Crippen molar-refractivity contribution in [3.8, 4) is 0 Å². The molecule has 0 bridgehead atoms. The Morgan fingerprint density at radius 1 is 1.24 bits per heavy atom. The quantitative estimate of drug-likeness (QED) is 0.478. The third kappa shape index (κ3) is 2.65. The van der Waals surface area contributed by atoms with Crippen LogP contribution in [0, 0.1) is 0 Å². The Bertz CT molecular complexity index is 1160. The van der Waals surface area contributed by atoms with Crippen molar-refractivity contribution in [3.63, 3.8) is 0 Å². The van der Waals surface area contributed by atoms with Crippen LogP contribution in [0.2, 0.25) is 0 Å². The number of carbonyl (C=O) groups excluding carboxylic acids is 1. The van der Waals surface area contributed by atoms with Crippen LogP contribution in [0.3, 0.4) is 0 Å². The molecule has 0 radical (unpaired) electrons. The number of aromatic nitrogens is 4. The van der Waals surface area contributed by atoms with Crippen LogP contribution in [0.4, 0.5) is 0 Å². The minimum atomic E-state index is -0.448. The number of aryl methyl sites for hydroxylation is 1. The molecule has 4 aromatic rings. The van der Waals surface area contributed by atoms with Crippen molar-refractivity contribution in [2.45, 2.75) is 6.61 Å². The van der Waals surface area contributed by atoms with Crippen LogP contribution >= 0.6 is 27.3 Å². The van der Waals surface area contributed by atoms with Gasteiger partial charge in [0, 0.05) is 11.5 Å². The molecule has 0 fully saturated rings. The molecule has 7 nitrogen and oxygen atoms in total. The monoisotopic (exact) mass is 418 g/mol. The molecule has 0 atom stereocenters. The summed E-state index contributed by atoms with van der Waals surface area (Å²) in [4.78, 5) is 24.5. The Hall–Kier alpha value is -2.52. The Balaban J connectivity index is 1.69. The topological polar surface area (TPSA) is 78.5 Å². The smallest absolute Gasteiger partial charge is 0.338 e. The zero-order valence-corrected chi connectivity index (χ0v) is 15.4. The van der Waals surface area contributed by atoms with Crippen molar-refractivity contribution in [1.29, 1.82) is 0 Å². The largest absolute Gasteiger partial charge is 0.454 e. The summed E-state index contributed by atoms with van der Waals surface area (Å²) in [6, 6.07) is 8.73. The van der Waals surface area contributed by atoms with Gasteiger partial charge in [0.05, 0.1) is 11.1 Å². The summed E-state index contributed by atoms with van der Waals surface area (Å²) in [5, 5.41) is 9.97. The lowest BCUT2D eigenvalue weighted by atomic mass is 10.2. The highest BCUT2D eigenvalue weighted by Crippen LogP contribution is 2.20. The van der Waals surface area contributed by atoms with Gasteiger partial charge in [-0.25, -0.2) is 4.79 Å². The third-order valence-electron chi connectivity index (χ3n) is 3.81. The Kier molecular flexibility index (Phi) is 3.89. The molecule has 4 rings (SSSR count). The van der Waals surface area contributed by atoms with Gasteiger partial charge in [-0.05, 0) is 35.7 Å². The van der Waals surface area contributed by atoms with Gasteiger partial charge in [0.2, 0.25) is 5.78 Å². The van der Waals surface area contributed by atoms with E-state index in [-0.39, 0.29) is 12.2 Å². The van der Waals surface area contributed by atoms with Crippen LogP contribution in [0.25, 0.3) is 16.0 Å². The van der Waals surface area contributed by atoms with Gasteiger partial charge in [-0.2, -0.15) is 0 Å². The fourth-order valence-corrected chi connectivity index (χ4v) is 3.66. The van der Waals surface area contributed by atoms with Crippen LogP contribution in [0.15, 0.2) is 45.0 Å². The number of thiophene rings is 1. The molecule has 3 heterocycles. The number of hydrogen-bond acceptors (Lipinski definition) is 6. The van der Waals surface area contributed by atoms with Crippen molar-refractivity contribution in [2.24, 2.45) is 7.05 Å². The van der Waals surface area contributed by atoms with E-state index < -0.39 is 5.97 Å². The number of esters is 1. The number of halogens is 1. The van der Waals surface area contributed by atoms with E-state index >= 15 is 0 Å². The molecule has 0 N–H and O–H groups in total. The second-order valence-electron chi connectivity index (χ2n) is 5.33. The fraction of sp³-hybridized carbons (Fsp3) is 0.125. The minimum Gasteiger partial charge on any atom is -0.454 e. The maximum absolute atomic E-state index is 12.3. The number of benzene rings is 1. The predicted octanol–water partition coefficient (Wildman–Crippen LogP) is 2.76. The third-order valence-corrected chi connectivity index (χ3v) is 5.23. The maximum atomic E-state index is 12.3. The van der Waals surface area contributed by atoms with Crippen molar-refractivity contribution < 1.29 is 9.53 Å². The molecule has 0 spiro atoms. The van der Waals surface area contributed by atoms with Gasteiger partial charge < -0.3 is 4.74 Å². The molecule has 1 aromatic carbocycles. The first-order chi connectivity index (χ1) is 12.1. The summed E-state index contributed by atoms with van der Waals surface area (Å²) in [5.41, 5.74) is 1.04. The Labute approximate surface area is 153 Å². The zero-order chi connectivity index (χ0) is 17.6. The molecule has 0 aliphatic rings. The second-order valence-corrected chi connectivity index (χ2v) is 7.17. The van der Waals surface area contributed by atoms with E-state index in [2.05, 4.69) is 26.1 Å². The lowest BCUT2D eigenvalue weighted by molar-refractivity contribution is 0.0461. The highest BCUT2D eigenvalue weighted by Gasteiger charge is 2.17. The molecule has 126 valence electrons. The summed E-state index contributed by atoms with van der Waals surface area (Å²) in [6.07, 6.45) is 0. The van der Waals surface area contributed by atoms with Crippen molar-refractivity contribution in [2.75, 3.05) is 0 Å². The molecule has 0 aliphatic carbocycles. The Morgan fingerprint density at radius 2 is 2.00 bits per heavy atom. The summed E-state index contributed by atoms with van der Waals surface area (Å²) in [7, 11) is 1.64. The van der Waals surface area contributed by atoms with Gasteiger partial charge in [-0.1, -0.05) is 15.9 Å². The normalized spacial score (nSPS) is 11.3. The summed E-state index contributed by atoms with van der Waals surface area (Å²) in [5.74, 6) is 0.417. The number of carbonyl (C=O) groups is 1. The molecule has 0 saturated heterocycles. The number of fused-ring (bicyclic) bond motifs is 3. The summed E-state index contributed by atoms with van der Waals surface area (Å²) >= 11 is 4.68. The van der Waals surface area contributed by atoms with E-state index in [1.807, 2.05) is 11.4 Å². The molecule has 3 aromatic heterocycles.